The summed E-state index contributed by atoms with van der Waals surface area (Å²) in [6, 6.07) is 4.83. The second kappa shape index (κ2) is 9.65. The molecule has 0 heterocycles. The van der Waals surface area contributed by atoms with Crippen molar-refractivity contribution in [2.24, 2.45) is 4.99 Å². The number of aliphatic imine (C=N–C) groups is 1. The van der Waals surface area contributed by atoms with E-state index in [0.29, 0.717) is 18.1 Å². The van der Waals surface area contributed by atoms with Gasteiger partial charge in [-0.1, -0.05) is 12.1 Å². The number of halogens is 6. The first-order valence-corrected chi connectivity index (χ1v) is 7.95. The van der Waals surface area contributed by atoms with Gasteiger partial charge >= 0.3 is 12.4 Å². The van der Waals surface area contributed by atoms with Crippen LogP contribution in [0, 0.1) is 0 Å². The predicted octanol–water partition coefficient (Wildman–Crippen LogP) is 3.25. The monoisotopic (exact) mass is 384 g/mol. The van der Waals surface area contributed by atoms with E-state index >= 15 is 0 Å². The summed E-state index contributed by atoms with van der Waals surface area (Å²) < 4.78 is 74.9. The molecule has 26 heavy (non-hydrogen) atoms. The third kappa shape index (κ3) is 8.93. The quantitative estimate of drug-likeness (QED) is 0.431. The summed E-state index contributed by atoms with van der Waals surface area (Å²) in [5.41, 5.74) is -0.372. The molecule has 0 bridgehead atoms. The molecule has 0 saturated carbocycles. The second-order valence-electron chi connectivity index (χ2n) is 5.67. The Kier molecular flexibility index (Phi) is 8.19. The van der Waals surface area contributed by atoms with Gasteiger partial charge in [-0.2, -0.15) is 26.3 Å². The van der Waals surface area contributed by atoms with Crippen LogP contribution in [0.15, 0.2) is 29.3 Å². The molecule has 0 fully saturated rings. The van der Waals surface area contributed by atoms with Gasteiger partial charge in [-0.15, -0.1) is 0 Å². The van der Waals surface area contributed by atoms with E-state index in [1.165, 1.54) is 19.2 Å². The molecule has 0 spiro atoms. The van der Waals surface area contributed by atoms with Crippen molar-refractivity contribution in [1.29, 1.82) is 0 Å². The van der Waals surface area contributed by atoms with E-state index in [-0.39, 0.29) is 19.6 Å². The minimum Gasteiger partial charge on any atom is -0.357 e. The van der Waals surface area contributed by atoms with Gasteiger partial charge in [0.1, 0.15) is 0 Å². The number of alkyl halides is 6. The molecule has 0 saturated heterocycles. The third-order valence-electron chi connectivity index (χ3n) is 3.25. The van der Waals surface area contributed by atoms with E-state index in [9.17, 15) is 26.3 Å². The Hall–Kier alpha value is -1.97. The van der Waals surface area contributed by atoms with Gasteiger partial charge in [0.25, 0.3) is 0 Å². The number of guanidine groups is 1. The number of rotatable bonds is 7. The van der Waals surface area contributed by atoms with Crippen molar-refractivity contribution in [3.63, 3.8) is 0 Å². The standard InChI is InChI=1S/C16H22F6N4/c1-3-23-14(24-7-8-26(2)11-15(17,18)19)25-10-12-5-4-6-13(9-12)16(20,21)22/h4-6,9H,3,7-8,10-11H2,1-2H3,(H2,23,24,25). The zero-order valence-corrected chi connectivity index (χ0v) is 14.5. The van der Waals surface area contributed by atoms with Crippen LogP contribution in [0.4, 0.5) is 26.3 Å². The van der Waals surface area contributed by atoms with Crippen LogP contribution in [0.2, 0.25) is 0 Å². The van der Waals surface area contributed by atoms with E-state index in [4.69, 9.17) is 0 Å². The molecule has 1 rings (SSSR count). The lowest BCUT2D eigenvalue weighted by atomic mass is 10.1. The van der Waals surface area contributed by atoms with Gasteiger partial charge in [0, 0.05) is 19.6 Å². The molecule has 1 aromatic rings. The molecular formula is C16H22F6N4. The van der Waals surface area contributed by atoms with Crippen molar-refractivity contribution in [3.8, 4) is 0 Å². The fourth-order valence-electron chi connectivity index (χ4n) is 2.11. The maximum absolute atomic E-state index is 12.7. The molecule has 10 heteroatoms. The van der Waals surface area contributed by atoms with Crippen molar-refractivity contribution in [3.05, 3.63) is 35.4 Å². The summed E-state index contributed by atoms with van der Waals surface area (Å²) in [6.45, 7) is 1.64. The molecule has 0 aliphatic carbocycles. The SMILES string of the molecule is CCNC(=NCc1cccc(C(F)(F)F)c1)NCCN(C)CC(F)(F)F. The van der Waals surface area contributed by atoms with E-state index in [0.717, 1.165) is 17.0 Å². The van der Waals surface area contributed by atoms with Crippen molar-refractivity contribution < 1.29 is 26.3 Å². The predicted molar refractivity (Wildman–Crippen MR) is 87.8 cm³/mol. The Morgan fingerprint density at radius 1 is 1.12 bits per heavy atom. The van der Waals surface area contributed by atoms with Gasteiger partial charge in [0.05, 0.1) is 18.7 Å². The Bertz CT molecular complexity index is 583. The highest BCUT2D eigenvalue weighted by Gasteiger charge is 2.30. The summed E-state index contributed by atoms with van der Waals surface area (Å²) in [5, 5.41) is 5.76. The second-order valence-corrected chi connectivity index (χ2v) is 5.67. The average Bonchev–Trinajstić information content (AvgIpc) is 2.50. The van der Waals surface area contributed by atoms with Gasteiger partial charge in [0.15, 0.2) is 5.96 Å². The molecule has 0 amide bonds. The summed E-state index contributed by atoms with van der Waals surface area (Å²) in [5.74, 6) is 0.324. The molecular weight excluding hydrogens is 362 g/mol. The van der Waals surface area contributed by atoms with Crippen LogP contribution in [0.3, 0.4) is 0 Å². The smallest absolute Gasteiger partial charge is 0.357 e. The number of benzene rings is 1. The highest BCUT2D eigenvalue weighted by Crippen LogP contribution is 2.29. The van der Waals surface area contributed by atoms with Crippen LogP contribution in [0.1, 0.15) is 18.1 Å². The highest BCUT2D eigenvalue weighted by molar-refractivity contribution is 5.79. The van der Waals surface area contributed by atoms with E-state index in [2.05, 4.69) is 15.6 Å². The van der Waals surface area contributed by atoms with Crippen molar-refractivity contribution >= 4 is 5.96 Å². The lowest BCUT2D eigenvalue weighted by Gasteiger charge is -2.19. The fourth-order valence-corrected chi connectivity index (χ4v) is 2.11. The number of likely N-dealkylation sites (N-methyl/N-ethyl adjacent to an activating group) is 1. The Morgan fingerprint density at radius 2 is 1.81 bits per heavy atom. The summed E-state index contributed by atoms with van der Waals surface area (Å²) >= 11 is 0. The Labute approximate surface area is 148 Å². The van der Waals surface area contributed by atoms with E-state index in [1.54, 1.807) is 6.92 Å². The summed E-state index contributed by atoms with van der Waals surface area (Å²) in [6.07, 6.45) is -8.69. The first kappa shape index (κ1) is 22.1. The van der Waals surface area contributed by atoms with Gasteiger partial charge in [-0.3, -0.25) is 4.90 Å². The van der Waals surface area contributed by atoms with Crippen molar-refractivity contribution in [2.75, 3.05) is 33.2 Å². The lowest BCUT2D eigenvalue weighted by Crippen LogP contribution is -2.42. The maximum atomic E-state index is 12.7. The molecule has 148 valence electrons. The molecule has 0 atom stereocenters. The number of hydrogen-bond acceptors (Lipinski definition) is 2. The number of nitrogens with zero attached hydrogens (tertiary/aromatic N) is 2. The van der Waals surface area contributed by atoms with Crippen LogP contribution >= 0.6 is 0 Å². The molecule has 1 aromatic carbocycles. The van der Waals surface area contributed by atoms with E-state index < -0.39 is 24.5 Å². The zero-order valence-electron chi connectivity index (χ0n) is 14.5. The van der Waals surface area contributed by atoms with Crippen LogP contribution in [-0.2, 0) is 12.7 Å². The first-order valence-electron chi connectivity index (χ1n) is 7.95. The normalized spacial score (nSPS) is 13.2. The van der Waals surface area contributed by atoms with Crippen LogP contribution < -0.4 is 10.6 Å². The Morgan fingerprint density at radius 3 is 2.38 bits per heavy atom. The largest absolute Gasteiger partial charge is 0.416 e. The highest BCUT2D eigenvalue weighted by atomic mass is 19.4. The van der Waals surface area contributed by atoms with Crippen LogP contribution in [0.5, 0.6) is 0 Å². The fraction of sp³-hybridized carbons (Fsp3) is 0.562. The molecule has 0 radical (unpaired) electrons. The van der Waals surface area contributed by atoms with Gasteiger partial charge < -0.3 is 10.6 Å². The molecule has 0 aromatic heterocycles. The molecule has 0 unspecified atom stereocenters. The van der Waals surface area contributed by atoms with Crippen LogP contribution in [-0.4, -0.2) is 50.3 Å². The van der Waals surface area contributed by atoms with Crippen molar-refractivity contribution in [2.45, 2.75) is 25.8 Å². The minimum atomic E-state index is -4.43. The zero-order chi connectivity index (χ0) is 19.8. The van der Waals surface area contributed by atoms with E-state index in [1.807, 2.05) is 0 Å². The third-order valence-corrected chi connectivity index (χ3v) is 3.25. The van der Waals surface area contributed by atoms with Gasteiger partial charge in [-0.05, 0) is 31.7 Å². The topological polar surface area (TPSA) is 39.7 Å². The molecule has 0 aliphatic heterocycles. The van der Waals surface area contributed by atoms with Crippen molar-refractivity contribution in [1.82, 2.24) is 15.5 Å². The summed E-state index contributed by atoms with van der Waals surface area (Å²) in [4.78, 5) is 5.28. The van der Waals surface area contributed by atoms with Gasteiger partial charge in [-0.25, -0.2) is 4.99 Å². The number of nitrogens with one attached hydrogen (secondary N) is 2. The molecule has 2 N–H and O–H groups in total. The Balaban J connectivity index is 2.61. The summed E-state index contributed by atoms with van der Waals surface area (Å²) in [7, 11) is 1.35. The number of hydrogen-bond donors (Lipinski definition) is 2. The van der Waals surface area contributed by atoms with Crippen LogP contribution in [0.25, 0.3) is 0 Å². The molecule has 0 aliphatic rings. The molecule has 4 nitrogen and oxygen atoms in total. The average molecular weight is 384 g/mol. The first-order chi connectivity index (χ1) is 12.0. The van der Waals surface area contributed by atoms with Gasteiger partial charge in [0.2, 0.25) is 0 Å². The lowest BCUT2D eigenvalue weighted by molar-refractivity contribution is -0.142. The maximum Gasteiger partial charge on any atom is 0.416 e. The minimum absolute atomic E-state index is 0.0116.